The van der Waals surface area contributed by atoms with E-state index in [1.165, 1.54) is 9.79 Å². The predicted molar refractivity (Wildman–Crippen MR) is 82.5 cm³/mol. The van der Waals surface area contributed by atoms with E-state index in [0.29, 0.717) is 10.2 Å². The second-order valence-corrected chi connectivity index (χ2v) is 7.88. The molecule has 0 N–H and O–H groups in total. The molecule has 18 heavy (non-hydrogen) atoms. The molecule has 0 heterocycles. The Hall–Kier alpha value is -0.550. The Kier molecular flexibility index (Phi) is 6.00. The highest BCUT2D eigenvalue weighted by molar-refractivity contribution is 8.19. The zero-order valence-electron chi connectivity index (χ0n) is 9.82. The molecule has 0 unspecified atom stereocenters. The summed E-state index contributed by atoms with van der Waals surface area (Å²) in [5.41, 5.74) is 0. The molecule has 0 bridgehead atoms. The Morgan fingerprint density at radius 1 is 0.722 bits per heavy atom. The Labute approximate surface area is 120 Å². The van der Waals surface area contributed by atoms with Crippen molar-refractivity contribution in [3.8, 4) is 0 Å². The van der Waals surface area contributed by atoms with Crippen molar-refractivity contribution in [3.05, 3.63) is 60.7 Å². The van der Waals surface area contributed by atoms with Gasteiger partial charge >= 0.3 is 0 Å². The molecule has 0 saturated heterocycles. The number of hydrogen-bond acceptors (Lipinski definition) is 3. The first kappa shape index (κ1) is 13.9. The van der Waals surface area contributed by atoms with E-state index in [-0.39, 0.29) is 0 Å². The van der Waals surface area contributed by atoms with Crippen LogP contribution < -0.4 is 0 Å². The molecule has 0 radical (unpaired) electrons. The average Bonchev–Trinajstić information content (AvgIpc) is 2.45. The third-order valence-electron chi connectivity index (χ3n) is 2.20. The van der Waals surface area contributed by atoms with Crippen molar-refractivity contribution in [2.75, 3.05) is 10.2 Å². The van der Waals surface area contributed by atoms with Crippen LogP contribution >= 0.6 is 23.5 Å². The first-order valence-electron chi connectivity index (χ1n) is 5.55. The zero-order valence-corrected chi connectivity index (χ0v) is 12.3. The smallest absolute Gasteiger partial charge is 0.156 e. The second kappa shape index (κ2) is 7.79. The maximum atomic E-state index is 11.9. The highest BCUT2D eigenvalue weighted by Crippen LogP contribution is 2.24. The van der Waals surface area contributed by atoms with Gasteiger partial charge in [-0.15, -0.1) is 0 Å². The molecule has 0 aliphatic carbocycles. The Bertz CT molecular complexity index is 404. The van der Waals surface area contributed by atoms with Gasteiger partial charge in [-0.3, -0.25) is 0 Å². The molecule has 2 aromatic rings. The molecular formula is C14H14OS3. The lowest BCUT2D eigenvalue weighted by molar-refractivity contribution is 0.604. The summed E-state index contributed by atoms with van der Waals surface area (Å²) in [5, 5.41) is 1.31. The van der Waals surface area contributed by atoms with Crippen molar-refractivity contribution in [3.63, 3.8) is 0 Å². The second-order valence-electron chi connectivity index (χ2n) is 3.59. The van der Waals surface area contributed by atoms with Crippen LogP contribution in [0.3, 0.4) is 0 Å². The van der Waals surface area contributed by atoms with Crippen LogP contribution in [0.15, 0.2) is 70.5 Å². The van der Waals surface area contributed by atoms with E-state index in [9.17, 15) is 4.55 Å². The molecular weight excluding hydrogens is 280 g/mol. The van der Waals surface area contributed by atoms with Gasteiger partial charge in [0.2, 0.25) is 0 Å². The lowest BCUT2D eigenvalue weighted by Gasteiger charge is -2.10. The summed E-state index contributed by atoms with van der Waals surface area (Å²) in [6, 6.07) is 20.2. The van der Waals surface area contributed by atoms with Gasteiger partial charge in [0.25, 0.3) is 0 Å². The van der Waals surface area contributed by atoms with Crippen LogP contribution in [0, 0.1) is 0 Å². The minimum atomic E-state index is -0.795. The normalized spacial score (nSPS) is 10.8. The van der Waals surface area contributed by atoms with E-state index in [4.69, 9.17) is 0 Å². The largest absolute Gasteiger partial charge is 0.615 e. The SMILES string of the molecule is [O-][S+](CSc1ccccc1)CSc1ccccc1. The molecule has 0 aliphatic heterocycles. The van der Waals surface area contributed by atoms with Crippen LogP contribution in [-0.2, 0) is 11.2 Å². The summed E-state index contributed by atoms with van der Waals surface area (Å²) < 4.78 is 11.9. The molecule has 0 aliphatic rings. The quantitative estimate of drug-likeness (QED) is 0.588. The average molecular weight is 294 g/mol. The van der Waals surface area contributed by atoms with E-state index < -0.39 is 11.2 Å². The van der Waals surface area contributed by atoms with Crippen LogP contribution in [0.5, 0.6) is 0 Å². The monoisotopic (exact) mass is 294 g/mol. The molecule has 4 heteroatoms. The summed E-state index contributed by atoms with van der Waals surface area (Å²) >= 11 is 2.51. The van der Waals surface area contributed by atoms with Gasteiger partial charge < -0.3 is 4.55 Å². The van der Waals surface area contributed by atoms with Crippen molar-refractivity contribution in [2.24, 2.45) is 0 Å². The Balaban J connectivity index is 1.71. The van der Waals surface area contributed by atoms with Gasteiger partial charge in [-0.05, 0) is 35.4 Å². The highest BCUT2D eigenvalue weighted by atomic mass is 32.3. The van der Waals surface area contributed by atoms with Gasteiger partial charge in [-0.25, -0.2) is 0 Å². The number of rotatable bonds is 6. The first-order valence-corrected chi connectivity index (χ1v) is 9.01. The van der Waals surface area contributed by atoms with E-state index in [1.807, 2.05) is 60.7 Å². The summed E-state index contributed by atoms with van der Waals surface area (Å²) in [5.74, 6) is 0. The summed E-state index contributed by atoms with van der Waals surface area (Å²) in [7, 11) is 0. The van der Waals surface area contributed by atoms with Crippen LogP contribution in [-0.4, -0.2) is 14.7 Å². The summed E-state index contributed by atoms with van der Waals surface area (Å²) in [4.78, 5) is 2.35. The van der Waals surface area contributed by atoms with Crippen molar-refractivity contribution in [1.82, 2.24) is 0 Å². The Morgan fingerprint density at radius 3 is 1.50 bits per heavy atom. The molecule has 0 spiro atoms. The number of hydrogen-bond donors (Lipinski definition) is 0. The standard InChI is InChI=1S/C14H14OS3/c15-18(11-16-13-7-3-1-4-8-13)12-17-14-9-5-2-6-10-14/h1-10H,11-12H2. The third-order valence-corrected chi connectivity index (χ3v) is 6.46. The van der Waals surface area contributed by atoms with Gasteiger partial charge in [-0.2, -0.15) is 0 Å². The van der Waals surface area contributed by atoms with E-state index in [1.54, 1.807) is 23.5 Å². The minimum Gasteiger partial charge on any atom is -0.615 e. The summed E-state index contributed by atoms with van der Waals surface area (Å²) in [6.45, 7) is 0. The molecule has 2 rings (SSSR count). The van der Waals surface area contributed by atoms with Crippen LogP contribution in [0.4, 0.5) is 0 Å². The topological polar surface area (TPSA) is 23.1 Å². The van der Waals surface area contributed by atoms with Crippen LogP contribution in [0.25, 0.3) is 0 Å². The molecule has 2 aromatic carbocycles. The molecule has 1 nitrogen and oxygen atoms in total. The number of benzene rings is 2. The fraction of sp³-hybridized carbons (Fsp3) is 0.143. The fourth-order valence-corrected chi connectivity index (χ4v) is 5.06. The van der Waals surface area contributed by atoms with Crippen molar-refractivity contribution in [2.45, 2.75) is 9.79 Å². The molecule has 0 saturated carbocycles. The Morgan fingerprint density at radius 2 is 1.11 bits per heavy atom. The van der Waals surface area contributed by atoms with Gasteiger partial charge in [-0.1, -0.05) is 59.9 Å². The van der Waals surface area contributed by atoms with Gasteiger partial charge in [0.1, 0.15) is 0 Å². The first-order chi connectivity index (χ1) is 8.84. The summed E-state index contributed by atoms with van der Waals surface area (Å²) in [6.07, 6.45) is 0. The molecule has 0 atom stereocenters. The maximum Gasteiger partial charge on any atom is 0.156 e. The molecule has 0 amide bonds. The molecule has 94 valence electrons. The molecule has 0 aromatic heterocycles. The van der Waals surface area contributed by atoms with Crippen molar-refractivity contribution >= 4 is 34.7 Å². The third kappa shape index (κ3) is 4.98. The van der Waals surface area contributed by atoms with Crippen LogP contribution in [0.2, 0.25) is 0 Å². The molecule has 0 fully saturated rings. The zero-order chi connectivity index (χ0) is 12.6. The minimum absolute atomic E-state index is 0.657. The van der Waals surface area contributed by atoms with E-state index in [0.717, 1.165) is 0 Å². The van der Waals surface area contributed by atoms with Gasteiger partial charge in [0.15, 0.2) is 10.2 Å². The van der Waals surface area contributed by atoms with Gasteiger partial charge in [0, 0.05) is 9.79 Å². The number of thioether (sulfide) groups is 2. The van der Waals surface area contributed by atoms with Gasteiger partial charge in [0.05, 0.1) is 0 Å². The van der Waals surface area contributed by atoms with E-state index >= 15 is 0 Å². The predicted octanol–water partition coefficient (Wildman–Crippen LogP) is 4.23. The maximum absolute atomic E-state index is 11.9. The fourth-order valence-electron chi connectivity index (χ4n) is 1.33. The lowest BCUT2D eigenvalue weighted by atomic mass is 10.4. The highest BCUT2D eigenvalue weighted by Gasteiger charge is 2.07. The van der Waals surface area contributed by atoms with Crippen molar-refractivity contribution in [1.29, 1.82) is 0 Å². The van der Waals surface area contributed by atoms with Crippen LogP contribution in [0.1, 0.15) is 0 Å². The lowest BCUT2D eigenvalue weighted by Crippen LogP contribution is -2.05. The van der Waals surface area contributed by atoms with Crippen molar-refractivity contribution < 1.29 is 4.55 Å². The van der Waals surface area contributed by atoms with E-state index in [2.05, 4.69) is 0 Å².